The number of unbranched alkanes of at least 4 members (excludes halogenated alkanes) is 5. The van der Waals surface area contributed by atoms with Crippen molar-refractivity contribution in [1.82, 2.24) is 0 Å². The molecule has 0 aliphatic heterocycles. The van der Waals surface area contributed by atoms with Crippen LogP contribution in [0, 0.1) is 0 Å². The fourth-order valence-corrected chi connectivity index (χ4v) is 4.08. The molecule has 0 aromatic heterocycles. The lowest BCUT2D eigenvalue weighted by molar-refractivity contribution is 0.0697. The Morgan fingerprint density at radius 1 is 0.935 bits per heavy atom. The smallest absolute Gasteiger partial charge is 0.337 e. The number of hydrogen-bond acceptors (Lipinski definition) is 2. The zero-order chi connectivity index (χ0) is 21.9. The molecule has 3 nitrogen and oxygen atoms in total. The van der Waals surface area contributed by atoms with Crippen LogP contribution in [0.5, 0.6) is 0 Å². The van der Waals surface area contributed by atoms with Crippen LogP contribution in [0.1, 0.15) is 61.4 Å². The zero-order valence-electron chi connectivity index (χ0n) is 18.4. The summed E-state index contributed by atoms with van der Waals surface area (Å²) in [5.41, 5.74) is 3.45. The second-order valence-corrected chi connectivity index (χ2v) is 8.03. The van der Waals surface area contributed by atoms with Gasteiger partial charge in [0.05, 0.1) is 17.3 Å². The Morgan fingerprint density at radius 2 is 1.65 bits per heavy atom. The molecule has 3 heteroatoms. The first-order valence-corrected chi connectivity index (χ1v) is 11.4. The van der Waals surface area contributed by atoms with E-state index >= 15 is 0 Å². The molecule has 0 heterocycles. The van der Waals surface area contributed by atoms with Crippen molar-refractivity contribution in [3.63, 3.8) is 0 Å². The standard InChI is InChI=1S/C28H33NO2/c1-2-3-4-5-6-14-21-29(27-20-13-11-18-25(27)28(30)31)26-19-12-10-17-24(26)22-23-15-8-7-9-16-23/h7-13,15-20,22,26H,2-6,14,21H2,1H3,(H,30,31). The quantitative estimate of drug-likeness (QED) is 0.397. The minimum absolute atomic E-state index is 0.00125. The summed E-state index contributed by atoms with van der Waals surface area (Å²) >= 11 is 0. The molecule has 0 saturated heterocycles. The third kappa shape index (κ3) is 6.45. The maximum absolute atomic E-state index is 12.0. The normalized spacial score (nSPS) is 16.5. The maximum atomic E-state index is 12.0. The lowest BCUT2D eigenvalue weighted by atomic mass is 9.96. The van der Waals surface area contributed by atoms with Crippen LogP contribution in [0.15, 0.2) is 84.5 Å². The van der Waals surface area contributed by atoms with Crippen molar-refractivity contribution in [2.24, 2.45) is 0 Å². The predicted molar refractivity (Wildman–Crippen MR) is 131 cm³/mol. The summed E-state index contributed by atoms with van der Waals surface area (Å²) in [6, 6.07) is 17.7. The van der Waals surface area contributed by atoms with Crippen LogP contribution in [0.4, 0.5) is 5.69 Å². The number of carboxylic acid groups (broad SMARTS) is 1. The maximum Gasteiger partial charge on any atom is 0.337 e. The molecule has 3 rings (SSSR count). The highest BCUT2D eigenvalue weighted by Crippen LogP contribution is 2.29. The molecule has 2 aromatic rings. The number of rotatable bonds is 11. The molecule has 0 radical (unpaired) electrons. The van der Waals surface area contributed by atoms with Gasteiger partial charge in [-0.25, -0.2) is 4.79 Å². The van der Waals surface area contributed by atoms with Gasteiger partial charge < -0.3 is 10.0 Å². The number of allylic oxidation sites excluding steroid dienone is 2. The van der Waals surface area contributed by atoms with E-state index < -0.39 is 5.97 Å². The molecule has 0 bridgehead atoms. The van der Waals surface area contributed by atoms with Gasteiger partial charge in [-0.2, -0.15) is 0 Å². The van der Waals surface area contributed by atoms with Crippen molar-refractivity contribution in [3.8, 4) is 0 Å². The molecular weight excluding hydrogens is 382 g/mol. The Bertz CT molecular complexity index is 927. The molecule has 0 saturated carbocycles. The van der Waals surface area contributed by atoms with Crippen LogP contribution in [0.25, 0.3) is 6.08 Å². The van der Waals surface area contributed by atoms with E-state index in [9.17, 15) is 9.90 Å². The zero-order valence-corrected chi connectivity index (χ0v) is 18.4. The number of carboxylic acids is 1. The van der Waals surface area contributed by atoms with Crippen LogP contribution >= 0.6 is 0 Å². The van der Waals surface area contributed by atoms with Gasteiger partial charge in [-0.3, -0.25) is 0 Å². The molecule has 1 aliphatic carbocycles. The Kier molecular flexibility index (Phi) is 8.71. The lowest BCUT2D eigenvalue weighted by Gasteiger charge is -2.35. The van der Waals surface area contributed by atoms with E-state index in [1.165, 1.54) is 31.3 Å². The van der Waals surface area contributed by atoms with Gasteiger partial charge in [0.15, 0.2) is 0 Å². The molecule has 0 amide bonds. The number of para-hydroxylation sites is 1. The van der Waals surface area contributed by atoms with Gasteiger partial charge in [-0.15, -0.1) is 0 Å². The summed E-state index contributed by atoms with van der Waals surface area (Å²) in [5, 5.41) is 9.81. The summed E-state index contributed by atoms with van der Waals surface area (Å²) in [6.45, 7) is 3.06. The lowest BCUT2D eigenvalue weighted by Crippen LogP contribution is -2.37. The van der Waals surface area contributed by atoms with E-state index in [0.717, 1.165) is 30.6 Å². The van der Waals surface area contributed by atoms with Crippen LogP contribution < -0.4 is 4.90 Å². The van der Waals surface area contributed by atoms with Gasteiger partial charge in [-0.1, -0.05) is 106 Å². The highest BCUT2D eigenvalue weighted by atomic mass is 16.4. The van der Waals surface area contributed by atoms with E-state index in [1.807, 2.05) is 30.3 Å². The van der Waals surface area contributed by atoms with Crippen molar-refractivity contribution in [2.75, 3.05) is 11.4 Å². The minimum Gasteiger partial charge on any atom is -0.478 e. The molecule has 31 heavy (non-hydrogen) atoms. The van der Waals surface area contributed by atoms with Crippen molar-refractivity contribution in [2.45, 2.75) is 51.5 Å². The third-order valence-electron chi connectivity index (χ3n) is 5.70. The number of aromatic carboxylic acids is 1. The molecule has 2 aromatic carbocycles. The Labute approximate surface area is 186 Å². The molecular formula is C28H33NO2. The average Bonchev–Trinajstić information content (AvgIpc) is 2.80. The van der Waals surface area contributed by atoms with E-state index in [0.29, 0.717) is 5.56 Å². The van der Waals surface area contributed by atoms with Gasteiger partial charge in [0, 0.05) is 6.54 Å². The number of benzene rings is 2. The monoisotopic (exact) mass is 415 g/mol. The Balaban J connectivity index is 1.89. The number of anilines is 1. The second kappa shape index (κ2) is 11.9. The number of nitrogens with zero attached hydrogens (tertiary/aromatic N) is 1. The minimum atomic E-state index is -0.882. The highest BCUT2D eigenvalue weighted by molar-refractivity contribution is 5.94. The molecule has 1 unspecified atom stereocenters. The summed E-state index contributed by atoms with van der Waals surface area (Å²) in [4.78, 5) is 14.2. The van der Waals surface area contributed by atoms with Gasteiger partial charge >= 0.3 is 5.97 Å². The van der Waals surface area contributed by atoms with E-state index in [2.05, 4.69) is 54.3 Å². The van der Waals surface area contributed by atoms with Crippen LogP contribution in [-0.2, 0) is 0 Å². The first kappa shape index (κ1) is 22.6. The second-order valence-electron chi connectivity index (χ2n) is 8.03. The SMILES string of the molecule is CCCCCCCCN(c1ccccc1C(=O)O)C1C=CC=CC1=Cc1ccccc1. The van der Waals surface area contributed by atoms with E-state index in [-0.39, 0.29) is 6.04 Å². The average molecular weight is 416 g/mol. The molecule has 0 fully saturated rings. The van der Waals surface area contributed by atoms with Crippen LogP contribution in [-0.4, -0.2) is 23.7 Å². The molecule has 1 aliphatic rings. The van der Waals surface area contributed by atoms with Gasteiger partial charge in [0.25, 0.3) is 0 Å². The fourth-order valence-electron chi connectivity index (χ4n) is 4.08. The number of hydrogen-bond donors (Lipinski definition) is 1. The van der Waals surface area contributed by atoms with Crippen molar-refractivity contribution < 1.29 is 9.90 Å². The first-order valence-electron chi connectivity index (χ1n) is 11.4. The van der Waals surface area contributed by atoms with Crippen molar-refractivity contribution >= 4 is 17.7 Å². The first-order chi connectivity index (χ1) is 15.2. The van der Waals surface area contributed by atoms with Gasteiger partial charge in [0.2, 0.25) is 0 Å². The summed E-state index contributed by atoms with van der Waals surface area (Å²) in [6.07, 6.45) is 17.9. The Morgan fingerprint density at radius 3 is 2.42 bits per heavy atom. The fraction of sp³-hybridized carbons (Fsp3) is 0.321. The summed E-state index contributed by atoms with van der Waals surface area (Å²) in [7, 11) is 0. The third-order valence-corrected chi connectivity index (χ3v) is 5.70. The largest absolute Gasteiger partial charge is 0.478 e. The van der Waals surface area contributed by atoms with Gasteiger partial charge in [0.1, 0.15) is 0 Å². The molecule has 0 spiro atoms. The topological polar surface area (TPSA) is 40.5 Å². The predicted octanol–water partition coefficient (Wildman–Crippen LogP) is 7.13. The number of carbonyl (C=O) groups is 1. The highest BCUT2D eigenvalue weighted by Gasteiger charge is 2.24. The van der Waals surface area contributed by atoms with E-state index in [1.54, 1.807) is 12.1 Å². The Hall–Kier alpha value is -3.07. The molecule has 1 atom stereocenters. The van der Waals surface area contributed by atoms with Gasteiger partial charge in [-0.05, 0) is 35.8 Å². The summed E-state index contributed by atoms with van der Waals surface area (Å²) < 4.78 is 0. The van der Waals surface area contributed by atoms with Crippen LogP contribution in [0.3, 0.4) is 0 Å². The molecule has 162 valence electrons. The van der Waals surface area contributed by atoms with Crippen LogP contribution in [0.2, 0.25) is 0 Å². The van der Waals surface area contributed by atoms with Crippen molar-refractivity contribution in [1.29, 1.82) is 0 Å². The molecule has 1 N–H and O–H groups in total. The summed E-state index contributed by atoms with van der Waals surface area (Å²) in [5.74, 6) is -0.882. The van der Waals surface area contributed by atoms with E-state index in [4.69, 9.17) is 0 Å². The van der Waals surface area contributed by atoms with Crippen molar-refractivity contribution in [3.05, 3.63) is 95.6 Å².